The van der Waals surface area contributed by atoms with Crippen LogP contribution in [-0.4, -0.2) is 65.2 Å². The molecule has 45 heavy (non-hydrogen) atoms. The van der Waals surface area contributed by atoms with E-state index >= 15 is 0 Å². The van der Waals surface area contributed by atoms with Crippen molar-refractivity contribution in [3.63, 3.8) is 0 Å². The highest BCUT2D eigenvalue weighted by Crippen LogP contribution is 2.25. The molecule has 2 unspecified atom stereocenters. The standard InChI is InChI=1S/C35H51N3O7/c1-7-9-10-11-12-23-38(31(27-17-13-25(3)14-18-27)32(41)36-22-21-30(40)44-8-2)33(42)29(37-34(43)45-35(4,5)6)24-26-15-19-28(39)20-16-26/h13-20,29,31,39H,7-12,21-24H2,1-6H3,(H,36,41)(H,37,43). The van der Waals surface area contributed by atoms with Crippen molar-refractivity contribution in [2.75, 3.05) is 19.7 Å². The molecule has 10 heteroatoms. The van der Waals surface area contributed by atoms with Gasteiger partial charge in [-0.2, -0.15) is 0 Å². The number of phenolic OH excluding ortho intramolecular Hbond substituents is 1. The monoisotopic (exact) mass is 625 g/mol. The fourth-order valence-corrected chi connectivity index (χ4v) is 4.81. The summed E-state index contributed by atoms with van der Waals surface area (Å²) in [6, 6.07) is 11.7. The zero-order valence-electron chi connectivity index (χ0n) is 27.7. The summed E-state index contributed by atoms with van der Waals surface area (Å²) in [5.41, 5.74) is 1.51. The van der Waals surface area contributed by atoms with Crippen LogP contribution in [-0.2, 0) is 30.3 Å². The van der Waals surface area contributed by atoms with E-state index in [1.807, 2.05) is 31.2 Å². The fourth-order valence-electron chi connectivity index (χ4n) is 4.81. The Bertz CT molecular complexity index is 1220. The highest BCUT2D eigenvalue weighted by atomic mass is 16.6. The minimum Gasteiger partial charge on any atom is -0.508 e. The molecule has 0 aliphatic carbocycles. The van der Waals surface area contributed by atoms with E-state index in [1.165, 1.54) is 17.0 Å². The topological polar surface area (TPSA) is 134 Å². The Morgan fingerprint density at radius 1 is 0.911 bits per heavy atom. The van der Waals surface area contributed by atoms with Crippen LogP contribution < -0.4 is 10.6 Å². The van der Waals surface area contributed by atoms with Gasteiger partial charge in [0.05, 0.1) is 13.0 Å². The number of ether oxygens (including phenoxy) is 2. The van der Waals surface area contributed by atoms with Gasteiger partial charge in [-0.3, -0.25) is 14.4 Å². The van der Waals surface area contributed by atoms with Gasteiger partial charge in [0.1, 0.15) is 23.4 Å². The molecule has 0 saturated carbocycles. The van der Waals surface area contributed by atoms with Gasteiger partial charge < -0.3 is 30.1 Å². The van der Waals surface area contributed by atoms with Crippen LogP contribution in [0.5, 0.6) is 5.75 Å². The molecule has 0 fully saturated rings. The predicted molar refractivity (Wildman–Crippen MR) is 174 cm³/mol. The number of aromatic hydroxyl groups is 1. The molecule has 0 bridgehead atoms. The largest absolute Gasteiger partial charge is 0.508 e. The average molecular weight is 626 g/mol. The second-order valence-electron chi connectivity index (χ2n) is 12.2. The van der Waals surface area contributed by atoms with Crippen LogP contribution in [0, 0.1) is 6.92 Å². The molecule has 3 N–H and O–H groups in total. The molecule has 0 heterocycles. The lowest BCUT2D eigenvalue weighted by Gasteiger charge is -2.35. The number of carbonyl (C=O) groups is 4. The summed E-state index contributed by atoms with van der Waals surface area (Å²) in [7, 11) is 0. The van der Waals surface area contributed by atoms with E-state index in [0.29, 0.717) is 17.5 Å². The van der Waals surface area contributed by atoms with Crippen molar-refractivity contribution in [2.24, 2.45) is 0 Å². The lowest BCUT2D eigenvalue weighted by Crippen LogP contribution is -2.54. The number of hydrogen-bond acceptors (Lipinski definition) is 7. The molecular formula is C35H51N3O7. The van der Waals surface area contributed by atoms with Crippen LogP contribution in [0.1, 0.15) is 95.9 Å². The second kappa shape index (κ2) is 18.7. The Balaban J connectivity index is 2.51. The SMILES string of the molecule is CCCCCCCN(C(=O)C(Cc1ccc(O)cc1)NC(=O)OC(C)(C)C)C(C(=O)NCCC(=O)OCC)c1ccc(C)cc1. The first-order valence-corrected chi connectivity index (χ1v) is 15.9. The Morgan fingerprint density at radius 2 is 1.56 bits per heavy atom. The van der Waals surface area contributed by atoms with E-state index in [4.69, 9.17) is 9.47 Å². The van der Waals surface area contributed by atoms with Crippen molar-refractivity contribution in [1.82, 2.24) is 15.5 Å². The summed E-state index contributed by atoms with van der Waals surface area (Å²) in [6.07, 6.45) is 3.98. The zero-order valence-corrected chi connectivity index (χ0v) is 27.7. The number of rotatable bonds is 17. The van der Waals surface area contributed by atoms with E-state index in [-0.39, 0.29) is 38.3 Å². The minimum atomic E-state index is -1.07. The number of benzene rings is 2. The molecule has 0 aliphatic rings. The molecule has 0 radical (unpaired) electrons. The lowest BCUT2D eigenvalue weighted by atomic mass is 9.99. The molecule has 0 aliphatic heterocycles. The summed E-state index contributed by atoms with van der Waals surface area (Å²) in [4.78, 5) is 54.9. The smallest absolute Gasteiger partial charge is 0.408 e. The molecule has 2 aromatic carbocycles. The number of nitrogens with one attached hydrogen (secondary N) is 2. The highest BCUT2D eigenvalue weighted by Gasteiger charge is 2.36. The fraction of sp³-hybridized carbons (Fsp3) is 0.543. The van der Waals surface area contributed by atoms with E-state index in [9.17, 15) is 24.3 Å². The van der Waals surface area contributed by atoms with Crippen LogP contribution in [0.25, 0.3) is 0 Å². The molecule has 0 saturated heterocycles. The number of alkyl carbamates (subject to hydrolysis) is 1. The number of unbranched alkanes of at least 4 members (excludes halogenated alkanes) is 4. The first kappa shape index (κ1) is 37.1. The molecule has 0 spiro atoms. The molecule has 2 atom stereocenters. The Labute approximate surface area is 267 Å². The molecule has 248 valence electrons. The van der Waals surface area contributed by atoms with Crippen molar-refractivity contribution < 1.29 is 33.8 Å². The quantitative estimate of drug-likeness (QED) is 0.151. The van der Waals surface area contributed by atoms with Gasteiger partial charge in [-0.1, -0.05) is 74.6 Å². The third-order valence-corrected chi connectivity index (χ3v) is 7.04. The van der Waals surface area contributed by atoms with Gasteiger partial charge in [0.2, 0.25) is 11.8 Å². The first-order valence-electron chi connectivity index (χ1n) is 15.9. The average Bonchev–Trinajstić information content (AvgIpc) is 2.97. The van der Waals surface area contributed by atoms with E-state index in [2.05, 4.69) is 17.6 Å². The predicted octanol–water partition coefficient (Wildman–Crippen LogP) is 5.75. The van der Waals surface area contributed by atoms with Gasteiger partial charge in [-0.05, 0) is 64.3 Å². The summed E-state index contributed by atoms with van der Waals surface area (Å²) in [5, 5.41) is 15.4. The number of aryl methyl sites for hydroxylation is 1. The maximum absolute atomic E-state index is 14.5. The van der Waals surface area contributed by atoms with Crippen molar-refractivity contribution in [3.8, 4) is 5.75 Å². The summed E-state index contributed by atoms with van der Waals surface area (Å²) in [5.74, 6) is -1.24. The number of carbonyl (C=O) groups excluding carboxylic acids is 4. The van der Waals surface area contributed by atoms with Crippen molar-refractivity contribution in [2.45, 2.75) is 104 Å². The normalized spacial score (nSPS) is 12.5. The van der Waals surface area contributed by atoms with Crippen molar-refractivity contribution in [3.05, 3.63) is 65.2 Å². The van der Waals surface area contributed by atoms with Crippen LogP contribution in [0.2, 0.25) is 0 Å². The number of phenols is 1. The molecule has 2 aromatic rings. The van der Waals surface area contributed by atoms with E-state index in [0.717, 1.165) is 31.2 Å². The van der Waals surface area contributed by atoms with Crippen molar-refractivity contribution >= 4 is 23.9 Å². The van der Waals surface area contributed by atoms with Gasteiger partial charge in [0, 0.05) is 19.5 Å². The maximum Gasteiger partial charge on any atom is 0.408 e. The van der Waals surface area contributed by atoms with Gasteiger partial charge in [0.15, 0.2) is 0 Å². The zero-order chi connectivity index (χ0) is 33.4. The number of esters is 1. The van der Waals surface area contributed by atoms with Crippen molar-refractivity contribution in [1.29, 1.82) is 0 Å². The molecule has 0 aromatic heterocycles. The Hall–Kier alpha value is -4.08. The van der Waals surface area contributed by atoms with Gasteiger partial charge in [-0.15, -0.1) is 0 Å². The van der Waals surface area contributed by atoms with Gasteiger partial charge in [0.25, 0.3) is 0 Å². The van der Waals surface area contributed by atoms with Crippen LogP contribution in [0.4, 0.5) is 4.79 Å². The van der Waals surface area contributed by atoms with Gasteiger partial charge in [-0.25, -0.2) is 4.79 Å². The third-order valence-electron chi connectivity index (χ3n) is 7.04. The lowest BCUT2D eigenvalue weighted by molar-refractivity contribution is -0.144. The summed E-state index contributed by atoms with van der Waals surface area (Å²) >= 11 is 0. The van der Waals surface area contributed by atoms with Crippen LogP contribution in [0.15, 0.2) is 48.5 Å². The van der Waals surface area contributed by atoms with Crippen LogP contribution in [0.3, 0.4) is 0 Å². The summed E-state index contributed by atoms with van der Waals surface area (Å²) < 4.78 is 10.5. The summed E-state index contributed by atoms with van der Waals surface area (Å²) in [6.45, 7) is 11.5. The minimum absolute atomic E-state index is 0.00512. The number of amides is 3. The maximum atomic E-state index is 14.5. The molecule has 10 nitrogen and oxygen atoms in total. The molecular weight excluding hydrogens is 574 g/mol. The number of nitrogens with zero attached hydrogens (tertiary/aromatic N) is 1. The molecule has 2 rings (SSSR count). The Kier molecular flexibility index (Phi) is 15.4. The Morgan fingerprint density at radius 3 is 2.16 bits per heavy atom. The highest BCUT2D eigenvalue weighted by molar-refractivity contribution is 5.92. The molecule has 3 amide bonds. The van der Waals surface area contributed by atoms with E-state index < -0.39 is 41.6 Å². The number of hydrogen-bond donors (Lipinski definition) is 3. The van der Waals surface area contributed by atoms with Crippen LogP contribution >= 0.6 is 0 Å². The third kappa shape index (κ3) is 13.6. The second-order valence-corrected chi connectivity index (χ2v) is 12.2. The van der Waals surface area contributed by atoms with E-state index in [1.54, 1.807) is 39.8 Å². The first-order chi connectivity index (χ1) is 21.3. The van der Waals surface area contributed by atoms with Gasteiger partial charge >= 0.3 is 12.1 Å².